The van der Waals surface area contributed by atoms with Crippen molar-refractivity contribution in [2.24, 2.45) is 0 Å². The number of aliphatic carboxylic acids is 1. The lowest BCUT2D eigenvalue weighted by molar-refractivity contribution is -0.131. The average molecular weight is 319 g/mol. The van der Waals surface area contributed by atoms with Crippen molar-refractivity contribution in [3.8, 4) is 0 Å². The number of allylic oxidation sites excluding steroid dienone is 6. The highest BCUT2D eigenvalue weighted by atomic mass is 16.4. The monoisotopic (exact) mass is 319 g/mol. The van der Waals surface area contributed by atoms with Crippen molar-refractivity contribution in [3.63, 3.8) is 0 Å². The SMILES string of the molecule is CCCCCCCCCCNCC=CC=CC=CC=CC(=O)O. The van der Waals surface area contributed by atoms with Gasteiger partial charge in [0, 0.05) is 12.6 Å². The molecule has 0 spiro atoms. The summed E-state index contributed by atoms with van der Waals surface area (Å²) in [5, 5.41) is 11.8. The fourth-order valence-corrected chi connectivity index (χ4v) is 2.11. The minimum atomic E-state index is -0.930. The van der Waals surface area contributed by atoms with E-state index in [0.717, 1.165) is 19.2 Å². The second-order valence-electron chi connectivity index (χ2n) is 5.57. The van der Waals surface area contributed by atoms with Crippen LogP contribution in [-0.4, -0.2) is 24.2 Å². The molecule has 0 bridgehead atoms. The number of carboxylic acid groups (broad SMARTS) is 1. The third-order valence-corrected chi connectivity index (χ3v) is 3.40. The lowest BCUT2D eigenvalue weighted by Gasteiger charge is -2.02. The van der Waals surface area contributed by atoms with Crippen LogP contribution < -0.4 is 5.32 Å². The summed E-state index contributed by atoms with van der Waals surface area (Å²) < 4.78 is 0. The summed E-state index contributed by atoms with van der Waals surface area (Å²) in [6, 6.07) is 0. The van der Waals surface area contributed by atoms with Gasteiger partial charge in [0.2, 0.25) is 0 Å². The Morgan fingerprint density at radius 2 is 1.39 bits per heavy atom. The zero-order valence-electron chi connectivity index (χ0n) is 14.5. The second kappa shape index (κ2) is 18.4. The van der Waals surface area contributed by atoms with Crippen LogP contribution in [0.15, 0.2) is 48.6 Å². The summed E-state index contributed by atoms with van der Waals surface area (Å²) in [5.74, 6) is -0.930. The molecule has 0 aromatic heterocycles. The van der Waals surface area contributed by atoms with Crippen LogP contribution >= 0.6 is 0 Å². The van der Waals surface area contributed by atoms with E-state index in [1.165, 1.54) is 57.4 Å². The van der Waals surface area contributed by atoms with E-state index in [4.69, 9.17) is 5.11 Å². The van der Waals surface area contributed by atoms with Gasteiger partial charge in [-0.3, -0.25) is 0 Å². The van der Waals surface area contributed by atoms with Crippen LogP contribution in [0.2, 0.25) is 0 Å². The maximum atomic E-state index is 10.2. The van der Waals surface area contributed by atoms with Gasteiger partial charge in [-0.05, 0) is 13.0 Å². The highest BCUT2D eigenvalue weighted by Gasteiger charge is 1.90. The Balaban J connectivity index is 3.32. The maximum absolute atomic E-state index is 10.2. The van der Waals surface area contributed by atoms with E-state index in [0.29, 0.717) is 0 Å². The molecule has 0 saturated heterocycles. The molecule has 0 heterocycles. The van der Waals surface area contributed by atoms with Gasteiger partial charge >= 0.3 is 5.97 Å². The lowest BCUT2D eigenvalue weighted by atomic mass is 10.1. The van der Waals surface area contributed by atoms with Gasteiger partial charge in [-0.2, -0.15) is 0 Å². The topological polar surface area (TPSA) is 49.3 Å². The first-order valence-electron chi connectivity index (χ1n) is 8.87. The van der Waals surface area contributed by atoms with E-state index >= 15 is 0 Å². The highest BCUT2D eigenvalue weighted by Crippen LogP contribution is 2.07. The van der Waals surface area contributed by atoms with Gasteiger partial charge in [0.05, 0.1) is 0 Å². The quantitative estimate of drug-likeness (QED) is 0.253. The number of carboxylic acids is 1. The fraction of sp³-hybridized carbons (Fsp3) is 0.550. The van der Waals surface area contributed by atoms with Crippen molar-refractivity contribution in [2.45, 2.75) is 58.3 Å². The van der Waals surface area contributed by atoms with Crippen LogP contribution in [0.25, 0.3) is 0 Å². The molecular weight excluding hydrogens is 286 g/mol. The zero-order valence-corrected chi connectivity index (χ0v) is 14.5. The van der Waals surface area contributed by atoms with Crippen LogP contribution in [0.1, 0.15) is 58.3 Å². The Morgan fingerprint density at radius 1 is 0.826 bits per heavy atom. The Labute approximate surface area is 141 Å². The molecule has 0 rings (SSSR count). The largest absolute Gasteiger partial charge is 0.478 e. The Kier molecular flexibility index (Phi) is 17.1. The maximum Gasteiger partial charge on any atom is 0.328 e. The third-order valence-electron chi connectivity index (χ3n) is 3.40. The summed E-state index contributed by atoms with van der Waals surface area (Å²) >= 11 is 0. The van der Waals surface area contributed by atoms with E-state index in [2.05, 4.69) is 18.3 Å². The first-order valence-corrected chi connectivity index (χ1v) is 8.87. The molecular formula is C20H33NO2. The molecule has 0 aromatic rings. The van der Waals surface area contributed by atoms with E-state index < -0.39 is 5.97 Å². The standard InChI is InChI=1S/C20H33NO2/c1-2-3-4-5-6-9-12-15-18-21-19-16-13-10-7-8-11-14-17-20(22)23/h7-8,10-11,13-14,16-17,21H,2-6,9,12,15,18-19H2,1H3,(H,22,23). The average Bonchev–Trinajstić information content (AvgIpc) is 2.53. The Bertz CT molecular complexity index is 381. The van der Waals surface area contributed by atoms with E-state index in [1.54, 1.807) is 12.2 Å². The van der Waals surface area contributed by atoms with Gasteiger partial charge in [0.1, 0.15) is 0 Å². The molecule has 0 unspecified atom stereocenters. The van der Waals surface area contributed by atoms with Gasteiger partial charge in [-0.15, -0.1) is 0 Å². The summed E-state index contributed by atoms with van der Waals surface area (Å²) in [4.78, 5) is 10.2. The molecule has 0 aliphatic carbocycles. The minimum absolute atomic E-state index is 0.892. The summed E-state index contributed by atoms with van der Waals surface area (Å²) in [6.45, 7) is 4.23. The predicted molar refractivity (Wildman–Crippen MR) is 99.7 cm³/mol. The minimum Gasteiger partial charge on any atom is -0.478 e. The summed E-state index contributed by atoms with van der Waals surface area (Å²) in [6.07, 6.45) is 24.9. The number of unbranched alkanes of at least 4 members (excludes halogenated alkanes) is 7. The zero-order chi connectivity index (χ0) is 17.0. The molecule has 0 aliphatic heterocycles. The van der Waals surface area contributed by atoms with Crippen LogP contribution in [0.3, 0.4) is 0 Å². The van der Waals surface area contributed by atoms with Gasteiger partial charge in [0.25, 0.3) is 0 Å². The number of nitrogens with one attached hydrogen (secondary N) is 1. The molecule has 0 saturated carbocycles. The van der Waals surface area contributed by atoms with Crippen molar-refractivity contribution in [1.82, 2.24) is 5.32 Å². The predicted octanol–water partition coefficient (Wildman–Crippen LogP) is 5.03. The van der Waals surface area contributed by atoms with E-state index in [9.17, 15) is 4.79 Å². The summed E-state index contributed by atoms with van der Waals surface area (Å²) in [7, 11) is 0. The number of hydrogen-bond donors (Lipinski definition) is 2. The summed E-state index contributed by atoms with van der Waals surface area (Å²) in [5.41, 5.74) is 0. The fourth-order valence-electron chi connectivity index (χ4n) is 2.11. The Morgan fingerprint density at radius 3 is 2.04 bits per heavy atom. The molecule has 0 aliphatic rings. The number of rotatable bonds is 15. The third kappa shape index (κ3) is 20.4. The Hall–Kier alpha value is -1.61. The molecule has 23 heavy (non-hydrogen) atoms. The van der Waals surface area contributed by atoms with E-state index in [-0.39, 0.29) is 0 Å². The second-order valence-corrected chi connectivity index (χ2v) is 5.57. The first-order chi connectivity index (χ1) is 11.3. The smallest absolute Gasteiger partial charge is 0.328 e. The number of carbonyl (C=O) groups is 1. The van der Waals surface area contributed by atoms with Gasteiger partial charge < -0.3 is 10.4 Å². The van der Waals surface area contributed by atoms with Crippen molar-refractivity contribution >= 4 is 5.97 Å². The van der Waals surface area contributed by atoms with Crippen molar-refractivity contribution in [1.29, 1.82) is 0 Å². The molecule has 0 radical (unpaired) electrons. The molecule has 3 heteroatoms. The molecule has 0 amide bonds. The molecule has 0 atom stereocenters. The van der Waals surface area contributed by atoms with E-state index in [1.807, 2.05) is 18.2 Å². The van der Waals surface area contributed by atoms with Crippen LogP contribution in [0.5, 0.6) is 0 Å². The van der Waals surface area contributed by atoms with Gasteiger partial charge in [0.15, 0.2) is 0 Å². The van der Waals surface area contributed by atoms with Gasteiger partial charge in [-0.25, -0.2) is 4.79 Å². The highest BCUT2D eigenvalue weighted by molar-refractivity contribution is 5.80. The molecule has 2 N–H and O–H groups in total. The molecule has 130 valence electrons. The van der Waals surface area contributed by atoms with Crippen LogP contribution in [0, 0.1) is 0 Å². The van der Waals surface area contributed by atoms with Crippen molar-refractivity contribution in [3.05, 3.63) is 48.6 Å². The molecule has 0 fully saturated rings. The van der Waals surface area contributed by atoms with Crippen LogP contribution in [0.4, 0.5) is 0 Å². The lowest BCUT2D eigenvalue weighted by Crippen LogP contribution is -2.14. The molecule has 3 nitrogen and oxygen atoms in total. The number of hydrogen-bond acceptors (Lipinski definition) is 2. The van der Waals surface area contributed by atoms with Crippen molar-refractivity contribution in [2.75, 3.05) is 13.1 Å². The van der Waals surface area contributed by atoms with Gasteiger partial charge in [-0.1, -0.05) is 94.4 Å². The first kappa shape index (κ1) is 21.4. The van der Waals surface area contributed by atoms with Crippen molar-refractivity contribution < 1.29 is 9.90 Å². The molecule has 0 aromatic carbocycles. The normalized spacial score (nSPS) is 12.4. The van der Waals surface area contributed by atoms with Crippen LogP contribution in [-0.2, 0) is 4.79 Å².